The number of hydrogen-bond acceptors (Lipinski definition) is 6. The van der Waals surface area contributed by atoms with Gasteiger partial charge in [-0.25, -0.2) is 14.8 Å². The number of nitrogens with zero attached hydrogens (tertiary/aromatic N) is 3. The number of nitrogens with one attached hydrogen (secondary N) is 1. The van der Waals surface area contributed by atoms with Crippen LogP contribution < -0.4 is 15.0 Å². The largest absolute Gasteiger partial charge is 0.478 e. The molecule has 1 aromatic heterocycles. The van der Waals surface area contributed by atoms with Crippen LogP contribution in [0.25, 0.3) is 11.0 Å². The first-order valence-corrected chi connectivity index (χ1v) is 8.88. The summed E-state index contributed by atoms with van der Waals surface area (Å²) in [5.41, 5.74) is 1.17. The Bertz CT molecular complexity index is 788. The van der Waals surface area contributed by atoms with Crippen LogP contribution in [0.1, 0.15) is 27.2 Å². The normalized spacial score (nSPS) is 17.4. The van der Waals surface area contributed by atoms with Gasteiger partial charge in [-0.05, 0) is 45.2 Å². The van der Waals surface area contributed by atoms with Crippen molar-refractivity contribution in [3.8, 4) is 5.88 Å². The summed E-state index contributed by atoms with van der Waals surface area (Å²) in [6.45, 7) is 7.79. The Labute approximate surface area is 153 Å². The maximum Gasteiger partial charge on any atom is 0.407 e. The smallest absolute Gasteiger partial charge is 0.407 e. The highest BCUT2D eigenvalue weighted by Crippen LogP contribution is 2.30. The fraction of sp³-hybridized carbons (Fsp3) is 0.526. The van der Waals surface area contributed by atoms with Crippen LogP contribution in [0.4, 0.5) is 10.6 Å². The van der Waals surface area contributed by atoms with Gasteiger partial charge in [-0.3, -0.25) is 0 Å². The van der Waals surface area contributed by atoms with E-state index in [1.807, 2.05) is 45.0 Å². The zero-order valence-corrected chi connectivity index (χ0v) is 15.8. The second-order valence-electron chi connectivity index (χ2n) is 7.53. The SMILES string of the molecule is COc1nc2ccccc2nc1N1CC[C@H](CNC(=O)OC(C)(C)C)C1. The number of carbonyl (C=O) groups excluding carboxylic acids is 1. The molecule has 1 atom stereocenters. The number of methoxy groups -OCH3 is 1. The van der Waals surface area contributed by atoms with E-state index in [0.717, 1.165) is 36.4 Å². The fourth-order valence-electron chi connectivity index (χ4n) is 3.05. The third-order valence-electron chi connectivity index (χ3n) is 4.23. The first kappa shape index (κ1) is 18.2. The number of carbonyl (C=O) groups is 1. The lowest BCUT2D eigenvalue weighted by molar-refractivity contribution is 0.0520. The minimum atomic E-state index is -0.486. The molecule has 0 unspecified atom stereocenters. The maximum atomic E-state index is 11.8. The lowest BCUT2D eigenvalue weighted by Crippen LogP contribution is -2.36. The summed E-state index contributed by atoms with van der Waals surface area (Å²) in [6.07, 6.45) is 0.590. The van der Waals surface area contributed by atoms with E-state index in [2.05, 4.69) is 15.2 Å². The maximum absolute atomic E-state index is 11.8. The number of alkyl carbamates (subject to hydrolysis) is 1. The molecule has 1 saturated heterocycles. The standard InChI is InChI=1S/C19H26N4O3/c1-19(2,3)26-18(24)20-11-13-9-10-23(12-13)16-17(25-4)22-15-8-6-5-7-14(15)21-16/h5-8,13H,9-12H2,1-4H3,(H,20,24)/t13-/m1/s1. The number of amides is 1. The van der Waals surface area contributed by atoms with Crippen molar-refractivity contribution in [2.24, 2.45) is 5.92 Å². The summed E-state index contributed by atoms with van der Waals surface area (Å²) in [4.78, 5) is 23.3. The molecule has 7 heteroatoms. The Balaban J connectivity index is 1.65. The van der Waals surface area contributed by atoms with Crippen molar-refractivity contribution in [2.45, 2.75) is 32.8 Å². The molecule has 1 aliphatic heterocycles. The summed E-state index contributed by atoms with van der Waals surface area (Å²) in [5.74, 6) is 1.62. The Hall–Kier alpha value is -2.57. The van der Waals surface area contributed by atoms with Gasteiger partial charge < -0.3 is 19.7 Å². The third-order valence-corrected chi connectivity index (χ3v) is 4.23. The van der Waals surface area contributed by atoms with Crippen LogP contribution in [-0.2, 0) is 4.74 Å². The van der Waals surface area contributed by atoms with Crippen molar-refractivity contribution in [3.63, 3.8) is 0 Å². The highest BCUT2D eigenvalue weighted by molar-refractivity contribution is 5.77. The number of ether oxygens (including phenoxy) is 2. The van der Waals surface area contributed by atoms with Gasteiger partial charge in [0.15, 0.2) is 5.82 Å². The molecule has 1 fully saturated rings. The molecule has 1 aromatic carbocycles. The zero-order chi connectivity index (χ0) is 18.7. The second kappa shape index (κ2) is 7.35. The minimum Gasteiger partial charge on any atom is -0.478 e. The molecule has 3 rings (SSSR count). The van der Waals surface area contributed by atoms with E-state index in [4.69, 9.17) is 14.5 Å². The molecular formula is C19H26N4O3. The predicted molar refractivity (Wildman–Crippen MR) is 101 cm³/mol. The van der Waals surface area contributed by atoms with Crippen LogP contribution >= 0.6 is 0 Å². The number of benzene rings is 1. The van der Waals surface area contributed by atoms with E-state index < -0.39 is 5.60 Å². The lowest BCUT2D eigenvalue weighted by atomic mass is 10.1. The molecular weight excluding hydrogens is 332 g/mol. The van der Waals surface area contributed by atoms with Gasteiger partial charge in [-0.1, -0.05) is 12.1 Å². The van der Waals surface area contributed by atoms with Gasteiger partial charge >= 0.3 is 6.09 Å². The van der Waals surface area contributed by atoms with E-state index >= 15 is 0 Å². The number of rotatable bonds is 4. The molecule has 1 amide bonds. The minimum absolute atomic E-state index is 0.334. The molecule has 2 aromatic rings. The van der Waals surface area contributed by atoms with Crippen molar-refractivity contribution in [3.05, 3.63) is 24.3 Å². The number of fused-ring (bicyclic) bond motifs is 1. The first-order chi connectivity index (χ1) is 12.4. The molecule has 0 spiro atoms. The van der Waals surface area contributed by atoms with Crippen molar-refractivity contribution in [1.29, 1.82) is 0 Å². The summed E-state index contributed by atoms with van der Waals surface area (Å²) in [7, 11) is 1.61. The average Bonchev–Trinajstić information content (AvgIpc) is 3.06. The number of para-hydroxylation sites is 2. The van der Waals surface area contributed by atoms with Crippen molar-refractivity contribution in [1.82, 2.24) is 15.3 Å². The second-order valence-corrected chi connectivity index (χ2v) is 7.53. The van der Waals surface area contributed by atoms with Crippen molar-refractivity contribution >= 4 is 22.9 Å². The lowest BCUT2D eigenvalue weighted by Gasteiger charge is -2.21. The van der Waals surface area contributed by atoms with E-state index in [9.17, 15) is 4.79 Å². The Morgan fingerprint density at radius 2 is 1.96 bits per heavy atom. The van der Waals surface area contributed by atoms with Gasteiger partial charge in [0.2, 0.25) is 0 Å². The molecule has 1 aliphatic rings. The molecule has 1 N–H and O–H groups in total. The van der Waals surface area contributed by atoms with Gasteiger partial charge in [0.25, 0.3) is 5.88 Å². The molecule has 0 aliphatic carbocycles. The van der Waals surface area contributed by atoms with E-state index in [1.54, 1.807) is 7.11 Å². The zero-order valence-electron chi connectivity index (χ0n) is 15.8. The monoisotopic (exact) mass is 358 g/mol. The Kier molecular flexibility index (Phi) is 5.15. The number of hydrogen-bond donors (Lipinski definition) is 1. The van der Waals surface area contributed by atoms with Crippen LogP contribution in [0, 0.1) is 5.92 Å². The van der Waals surface area contributed by atoms with Gasteiger partial charge in [0.1, 0.15) is 5.60 Å². The topological polar surface area (TPSA) is 76.6 Å². The molecule has 0 bridgehead atoms. The summed E-state index contributed by atoms with van der Waals surface area (Å²) in [6, 6.07) is 7.75. The molecule has 7 nitrogen and oxygen atoms in total. The Morgan fingerprint density at radius 3 is 2.62 bits per heavy atom. The quantitative estimate of drug-likeness (QED) is 0.905. The highest BCUT2D eigenvalue weighted by atomic mass is 16.6. The van der Waals surface area contributed by atoms with Crippen LogP contribution in [0.3, 0.4) is 0 Å². The fourth-order valence-corrected chi connectivity index (χ4v) is 3.05. The van der Waals surface area contributed by atoms with Crippen LogP contribution in [0.2, 0.25) is 0 Å². The van der Waals surface area contributed by atoms with E-state index in [0.29, 0.717) is 18.3 Å². The van der Waals surface area contributed by atoms with Gasteiger partial charge in [0.05, 0.1) is 18.1 Å². The molecule has 0 radical (unpaired) electrons. The van der Waals surface area contributed by atoms with Crippen molar-refractivity contribution < 1.29 is 14.3 Å². The van der Waals surface area contributed by atoms with Crippen molar-refractivity contribution in [2.75, 3.05) is 31.6 Å². The summed E-state index contributed by atoms with van der Waals surface area (Å²) in [5, 5.41) is 2.86. The molecule has 26 heavy (non-hydrogen) atoms. The molecule has 2 heterocycles. The van der Waals surface area contributed by atoms with Gasteiger partial charge in [-0.15, -0.1) is 0 Å². The Morgan fingerprint density at radius 1 is 1.27 bits per heavy atom. The predicted octanol–water partition coefficient (Wildman–Crippen LogP) is 2.99. The van der Waals surface area contributed by atoms with E-state index in [-0.39, 0.29) is 6.09 Å². The summed E-state index contributed by atoms with van der Waals surface area (Å²) < 4.78 is 10.7. The third kappa shape index (κ3) is 4.33. The van der Waals surface area contributed by atoms with Gasteiger partial charge in [0, 0.05) is 19.6 Å². The van der Waals surface area contributed by atoms with E-state index in [1.165, 1.54) is 0 Å². The number of anilines is 1. The number of aromatic nitrogens is 2. The van der Waals surface area contributed by atoms with Crippen LogP contribution in [0.15, 0.2) is 24.3 Å². The summed E-state index contributed by atoms with van der Waals surface area (Å²) >= 11 is 0. The first-order valence-electron chi connectivity index (χ1n) is 8.88. The average molecular weight is 358 g/mol. The van der Waals surface area contributed by atoms with Gasteiger partial charge in [-0.2, -0.15) is 0 Å². The van der Waals surface area contributed by atoms with Crippen LogP contribution in [0.5, 0.6) is 5.88 Å². The van der Waals surface area contributed by atoms with Crippen LogP contribution in [-0.4, -0.2) is 48.4 Å². The molecule has 0 saturated carbocycles. The molecule has 140 valence electrons. The highest BCUT2D eigenvalue weighted by Gasteiger charge is 2.27.